The quantitative estimate of drug-likeness (QED) is 0.505. The molecule has 1 aromatic carbocycles. The topological polar surface area (TPSA) is 61.4 Å². The summed E-state index contributed by atoms with van der Waals surface area (Å²) in [5.41, 5.74) is 1.05. The molecule has 0 bridgehead atoms. The molecule has 154 valence electrons. The van der Waals surface area contributed by atoms with E-state index >= 15 is 0 Å². The van der Waals surface area contributed by atoms with Crippen molar-refractivity contribution in [3.63, 3.8) is 0 Å². The Balaban J connectivity index is 2.09. The highest BCUT2D eigenvalue weighted by Crippen LogP contribution is 2.36. The Morgan fingerprint density at radius 3 is 2.64 bits per heavy atom. The van der Waals surface area contributed by atoms with E-state index in [1.54, 1.807) is 13.0 Å². The summed E-state index contributed by atoms with van der Waals surface area (Å²) in [4.78, 5) is 10.6. The Morgan fingerprint density at radius 1 is 1.32 bits per heavy atom. The van der Waals surface area contributed by atoms with Crippen molar-refractivity contribution in [2.45, 2.75) is 32.0 Å². The predicted molar refractivity (Wildman–Crippen MR) is 103 cm³/mol. The molecule has 3 N–H and O–H groups in total. The van der Waals surface area contributed by atoms with Gasteiger partial charge in [-0.3, -0.25) is 4.79 Å². The third-order valence-electron chi connectivity index (χ3n) is 4.38. The highest BCUT2D eigenvalue weighted by molar-refractivity contribution is 6.31. The number of halogens is 5. The summed E-state index contributed by atoms with van der Waals surface area (Å²) in [5, 5.41) is 15.1. The summed E-state index contributed by atoms with van der Waals surface area (Å²) in [7, 11) is 0. The number of carbonyl (C=O) groups is 1. The molecule has 0 radical (unpaired) electrons. The van der Waals surface area contributed by atoms with E-state index in [1.165, 1.54) is 24.3 Å². The number of hydrogen-bond donors (Lipinski definition) is 3. The molecular weight excluding hydrogens is 416 g/mol. The van der Waals surface area contributed by atoms with Crippen molar-refractivity contribution >= 4 is 29.2 Å². The van der Waals surface area contributed by atoms with Crippen LogP contribution in [0.2, 0.25) is 5.02 Å². The minimum Gasteiger partial charge on any atom is -0.481 e. The van der Waals surface area contributed by atoms with E-state index in [0.29, 0.717) is 27.9 Å². The molecule has 1 unspecified atom stereocenters. The Kier molecular flexibility index (Phi) is 7.80. The standard InChI is InChI=1S/C19H21Cl2F3N2O2/c1-11-8-12(2-4-15(11)20)18(19(22,23)24)26-14-3-5-16(21)13(9-14)10-25-7-6-17(27)28/h2-5,8,13,18,25-26H,6-7,9-10H2,1H3,(H,27,28)/t13?,18-/m0/s1. The largest absolute Gasteiger partial charge is 0.481 e. The summed E-state index contributed by atoms with van der Waals surface area (Å²) in [5.74, 6) is -1.16. The first-order valence-corrected chi connectivity index (χ1v) is 9.41. The normalized spacial score (nSPS) is 18.3. The van der Waals surface area contributed by atoms with Crippen LogP contribution in [0, 0.1) is 12.8 Å². The molecule has 2 atom stereocenters. The smallest absolute Gasteiger partial charge is 0.412 e. The maximum Gasteiger partial charge on any atom is 0.412 e. The fraction of sp³-hybridized carbons (Fsp3) is 0.421. The fourth-order valence-corrected chi connectivity index (χ4v) is 3.22. The molecule has 1 aliphatic rings. The van der Waals surface area contributed by atoms with Gasteiger partial charge in [0.1, 0.15) is 6.04 Å². The molecule has 9 heteroatoms. The van der Waals surface area contributed by atoms with Gasteiger partial charge in [0.25, 0.3) is 0 Å². The SMILES string of the molecule is Cc1cc([C@H](NC2=CC=C(Cl)C(CNCCC(=O)O)C2)C(F)(F)F)ccc1Cl. The van der Waals surface area contributed by atoms with Crippen molar-refractivity contribution in [3.05, 3.63) is 57.2 Å². The van der Waals surface area contributed by atoms with Crippen LogP contribution in [0.3, 0.4) is 0 Å². The van der Waals surface area contributed by atoms with Gasteiger partial charge < -0.3 is 15.7 Å². The third kappa shape index (κ3) is 6.43. The first kappa shape index (κ1) is 22.6. The first-order chi connectivity index (χ1) is 13.1. The highest BCUT2D eigenvalue weighted by Gasteiger charge is 2.41. The molecule has 1 aliphatic carbocycles. The van der Waals surface area contributed by atoms with E-state index in [4.69, 9.17) is 28.3 Å². The van der Waals surface area contributed by atoms with Crippen LogP contribution in [0.5, 0.6) is 0 Å². The predicted octanol–water partition coefficient (Wildman–Crippen LogP) is 4.93. The van der Waals surface area contributed by atoms with Crippen molar-refractivity contribution in [1.29, 1.82) is 0 Å². The summed E-state index contributed by atoms with van der Waals surface area (Å²) < 4.78 is 41.0. The number of nitrogens with one attached hydrogen (secondary N) is 2. The summed E-state index contributed by atoms with van der Waals surface area (Å²) in [6, 6.07) is 2.36. The number of carboxylic acids is 1. The summed E-state index contributed by atoms with van der Waals surface area (Å²) >= 11 is 12.1. The first-order valence-electron chi connectivity index (χ1n) is 8.66. The molecule has 0 fully saturated rings. The zero-order chi connectivity index (χ0) is 20.9. The second-order valence-electron chi connectivity index (χ2n) is 6.62. The van der Waals surface area contributed by atoms with Gasteiger partial charge >= 0.3 is 12.1 Å². The Hall–Kier alpha value is -1.70. The van der Waals surface area contributed by atoms with Crippen LogP contribution in [0.25, 0.3) is 0 Å². The molecular formula is C19H21Cl2F3N2O2. The van der Waals surface area contributed by atoms with Crippen molar-refractivity contribution < 1.29 is 23.1 Å². The minimum absolute atomic E-state index is 0.0406. The summed E-state index contributed by atoms with van der Waals surface area (Å²) in [6.45, 7) is 2.29. The second kappa shape index (κ2) is 9.67. The van der Waals surface area contributed by atoms with Gasteiger partial charge in [0, 0.05) is 34.8 Å². The number of carboxylic acid groups (broad SMARTS) is 1. The van der Waals surface area contributed by atoms with Gasteiger partial charge in [0.2, 0.25) is 0 Å². The molecule has 0 amide bonds. The monoisotopic (exact) mass is 436 g/mol. The third-order valence-corrected chi connectivity index (χ3v) is 5.24. The van der Waals surface area contributed by atoms with Gasteiger partial charge in [0.15, 0.2) is 0 Å². The fourth-order valence-electron chi connectivity index (χ4n) is 2.88. The molecule has 0 aromatic heterocycles. The van der Waals surface area contributed by atoms with Crippen LogP contribution in [0.15, 0.2) is 41.1 Å². The molecule has 0 aliphatic heterocycles. The maximum atomic E-state index is 13.7. The number of rotatable bonds is 8. The van der Waals surface area contributed by atoms with Crippen LogP contribution >= 0.6 is 23.2 Å². The van der Waals surface area contributed by atoms with Crippen LogP contribution in [-0.2, 0) is 4.79 Å². The van der Waals surface area contributed by atoms with Gasteiger partial charge in [-0.2, -0.15) is 13.2 Å². The van der Waals surface area contributed by atoms with Crippen LogP contribution in [-0.4, -0.2) is 30.3 Å². The number of alkyl halides is 3. The van der Waals surface area contributed by atoms with E-state index in [1.807, 2.05) is 0 Å². The highest BCUT2D eigenvalue weighted by atomic mass is 35.5. The second-order valence-corrected chi connectivity index (χ2v) is 7.46. The van der Waals surface area contributed by atoms with Crippen LogP contribution in [0.1, 0.15) is 30.0 Å². The lowest BCUT2D eigenvalue weighted by Crippen LogP contribution is -2.36. The van der Waals surface area contributed by atoms with Crippen molar-refractivity contribution in [2.75, 3.05) is 13.1 Å². The molecule has 4 nitrogen and oxygen atoms in total. The van der Waals surface area contributed by atoms with Crippen LogP contribution < -0.4 is 10.6 Å². The molecule has 0 heterocycles. The molecule has 0 spiro atoms. The van der Waals surface area contributed by atoms with Gasteiger partial charge in [-0.05, 0) is 42.7 Å². The molecule has 28 heavy (non-hydrogen) atoms. The zero-order valence-electron chi connectivity index (χ0n) is 15.1. The van der Waals surface area contributed by atoms with Crippen LogP contribution in [0.4, 0.5) is 13.2 Å². The van der Waals surface area contributed by atoms with Gasteiger partial charge in [-0.15, -0.1) is 0 Å². The average molecular weight is 437 g/mol. The maximum absolute atomic E-state index is 13.7. The Labute approximate surface area is 171 Å². The van der Waals surface area contributed by atoms with Crippen molar-refractivity contribution in [2.24, 2.45) is 5.92 Å². The van der Waals surface area contributed by atoms with Gasteiger partial charge in [0.05, 0.1) is 6.42 Å². The minimum atomic E-state index is -4.50. The number of benzene rings is 1. The lowest BCUT2D eigenvalue weighted by molar-refractivity contribution is -0.156. The number of aryl methyl sites for hydroxylation is 1. The Bertz CT molecular complexity index is 779. The van der Waals surface area contributed by atoms with E-state index in [-0.39, 0.29) is 30.9 Å². The van der Waals surface area contributed by atoms with Gasteiger partial charge in [-0.25, -0.2) is 0 Å². The number of aliphatic carboxylic acids is 1. The zero-order valence-corrected chi connectivity index (χ0v) is 16.6. The van der Waals surface area contributed by atoms with E-state index in [0.717, 1.165) is 0 Å². The lowest BCUT2D eigenvalue weighted by atomic mass is 9.96. The molecule has 0 saturated carbocycles. The van der Waals surface area contributed by atoms with Crippen molar-refractivity contribution in [3.8, 4) is 0 Å². The number of allylic oxidation sites excluding steroid dienone is 3. The van der Waals surface area contributed by atoms with Crippen molar-refractivity contribution in [1.82, 2.24) is 10.6 Å². The van der Waals surface area contributed by atoms with E-state index in [2.05, 4.69) is 10.6 Å². The molecule has 0 saturated heterocycles. The molecule has 2 rings (SSSR count). The number of hydrogen-bond acceptors (Lipinski definition) is 3. The Morgan fingerprint density at radius 2 is 2.04 bits per heavy atom. The lowest BCUT2D eigenvalue weighted by Gasteiger charge is -2.28. The summed E-state index contributed by atoms with van der Waals surface area (Å²) in [6.07, 6.45) is -1.15. The molecule has 1 aromatic rings. The van der Waals surface area contributed by atoms with E-state index < -0.39 is 18.2 Å². The van der Waals surface area contributed by atoms with Gasteiger partial charge in [-0.1, -0.05) is 35.3 Å². The van der Waals surface area contributed by atoms with E-state index in [9.17, 15) is 18.0 Å². The average Bonchev–Trinajstić information content (AvgIpc) is 2.60.